The van der Waals surface area contributed by atoms with Crippen LogP contribution in [0.3, 0.4) is 0 Å². The molecule has 1 saturated carbocycles. The molecule has 0 heterocycles. The van der Waals surface area contributed by atoms with Crippen LogP contribution < -0.4 is 0 Å². The van der Waals surface area contributed by atoms with E-state index in [2.05, 4.69) is 25.8 Å². The SMILES string of the molecule is CCCCC(C(=O)OC)N(C)C1CCCCC1C. The number of nitrogens with zero attached hydrogens (tertiary/aromatic N) is 1. The van der Waals surface area contributed by atoms with Gasteiger partial charge in [0.15, 0.2) is 0 Å². The van der Waals surface area contributed by atoms with Gasteiger partial charge in [-0.15, -0.1) is 0 Å². The van der Waals surface area contributed by atoms with Gasteiger partial charge in [-0.05, 0) is 32.2 Å². The van der Waals surface area contributed by atoms with Crippen LogP contribution in [0, 0.1) is 5.92 Å². The minimum atomic E-state index is -0.0660. The van der Waals surface area contributed by atoms with E-state index in [0.29, 0.717) is 12.0 Å². The molecule has 1 fully saturated rings. The zero-order chi connectivity index (χ0) is 13.5. The molecule has 0 aromatic heterocycles. The number of carbonyl (C=O) groups excluding carboxylic acids is 1. The quantitative estimate of drug-likeness (QED) is 0.682. The van der Waals surface area contributed by atoms with Crippen molar-refractivity contribution in [2.24, 2.45) is 5.92 Å². The van der Waals surface area contributed by atoms with Crippen molar-refractivity contribution in [3.05, 3.63) is 0 Å². The van der Waals surface area contributed by atoms with Crippen LogP contribution in [0.5, 0.6) is 0 Å². The third kappa shape index (κ3) is 3.98. The number of ether oxygens (including phenoxy) is 1. The maximum absolute atomic E-state index is 11.9. The monoisotopic (exact) mass is 255 g/mol. The second-order valence-electron chi connectivity index (χ2n) is 5.68. The standard InChI is InChI=1S/C15H29NO2/c1-5-6-10-14(15(17)18-4)16(3)13-11-8-7-9-12(13)2/h12-14H,5-11H2,1-4H3. The Bertz CT molecular complexity index is 255. The van der Waals surface area contributed by atoms with E-state index >= 15 is 0 Å². The molecule has 0 aliphatic heterocycles. The number of rotatable bonds is 6. The molecule has 1 aliphatic carbocycles. The first-order valence-corrected chi connectivity index (χ1v) is 7.41. The second kappa shape index (κ2) is 7.78. The van der Waals surface area contributed by atoms with E-state index in [1.165, 1.54) is 32.8 Å². The third-order valence-corrected chi connectivity index (χ3v) is 4.39. The molecule has 3 atom stereocenters. The molecule has 3 unspecified atom stereocenters. The van der Waals surface area contributed by atoms with Crippen LogP contribution in [-0.4, -0.2) is 37.1 Å². The van der Waals surface area contributed by atoms with E-state index in [-0.39, 0.29) is 12.0 Å². The van der Waals surface area contributed by atoms with Crippen LogP contribution in [0.1, 0.15) is 58.8 Å². The molecule has 0 bridgehead atoms. The Hall–Kier alpha value is -0.570. The summed E-state index contributed by atoms with van der Waals surface area (Å²) in [5.41, 5.74) is 0. The normalized spacial score (nSPS) is 26.1. The Morgan fingerprint density at radius 2 is 2.06 bits per heavy atom. The first kappa shape index (κ1) is 15.5. The van der Waals surface area contributed by atoms with E-state index in [9.17, 15) is 4.79 Å². The van der Waals surface area contributed by atoms with E-state index in [0.717, 1.165) is 19.3 Å². The van der Waals surface area contributed by atoms with Crippen molar-refractivity contribution in [2.75, 3.05) is 14.2 Å². The maximum Gasteiger partial charge on any atom is 0.323 e. The van der Waals surface area contributed by atoms with Gasteiger partial charge in [0, 0.05) is 6.04 Å². The van der Waals surface area contributed by atoms with Gasteiger partial charge in [-0.25, -0.2) is 0 Å². The Kier molecular flexibility index (Phi) is 6.69. The molecule has 1 rings (SSSR count). The predicted molar refractivity (Wildman–Crippen MR) is 74.5 cm³/mol. The van der Waals surface area contributed by atoms with Crippen LogP contribution in [0.15, 0.2) is 0 Å². The average molecular weight is 255 g/mol. The van der Waals surface area contributed by atoms with Crippen molar-refractivity contribution in [3.63, 3.8) is 0 Å². The molecule has 0 saturated heterocycles. The summed E-state index contributed by atoms with van der Waals surface area (Å²) in [7, 11) is 3.60. The molecule has 106 valence electrons. The highest BCUT2D eigenvalue weighted by molar-refractivity contribution is 5.75. The molecule has 0 spiro atoms. The molecular weight excluding hydrogens is 226 g/mol. The lowest BCUT2D eigenvalue weighted by molar-refractivity contribution is -0.148. The minimum absolute atomic E-state index is 0.0551. The summed E-state index contributed by atoms with van der Waals surface area (Å²) in [6.07, 6.45) is 8.27. The molecule has 3 heteroatoms. The maximum atomic E-state index is 11.9. The topological polar surface area (TPSA) is 29.5 Å². The molecule has 0 radical (unpaired) electrons. The highest BCUT2D eigenvalue weighted by Gasteiger charge is 2.32. The molecule has 0 aromatic carbocycles. The van der Waals surface area contributed by atoms with Crippen molar-refractivity contribution in [1.29, 1.82) is 0 Å². The summed E-state index contributed by atoms with van der Waals surface area (Å²) in [5, 5.41) is 0. The summed E-state index contributed by atoms with van der Waals surface area (Å²) in [6, 6.07) is 0.486. The summed E-state index contributed by atoms with van der Waals surface area (Å²) in [5.74, 6) is 0.626. The van der Waals surface area contributed by atoms with Gasteiger partial charge in [-0.3, -0.25) is 9.69 Å². The Morgan fingerprint density at radius 1 is 1.39 bits per heavy atom. The highest BCUT2D eigenvalue weighted by Crippen LogP contribution is 2.29. The molecule has 1 aliphatic rings. The van der Waals surface area contributed by atoms with Crippen LogP contribution in [0.25, 0.3) is 0 Å². The number of carbonyl (C=O) groups is 1. The fourth-order valence-electron chi connectivity index (χ4n) is 3.15. The second-order valence-corrected chi connectivity index (χ2v) is 5.68. The Balaban J connectivity index is 2.66. The van der Waals surface area contributed by atoms with Crippen LogP contribution in [0.4, 0.5) is 0 Å². The first-order valence-electron chi connectivity index (χ1n) is 7.41. The fourth-order valence-corrected chi connectivity index (χ4v) is 3.15. The number of esters is 1. The molecule has 0 aromatic rings. The lowest BCUT2D eigenvalue weighted by Crippen LogP contribution is -2.48. The van der Waals surface area contributed by atoms with Gasteiger partial charge in [0.1, 0.15) is 6.04 Å². The van der Waals surface area contributed by atoms with Gasteiger partial charge in [0.2, 0.25) is 0 Å². The van der Waals surface area contributed by atoms with Crippen molar-refractivity contribution >= 4 is 5.97 Å². The van der Waals surface area contributed by atoms with Crippen LogP contribution in [0.2, 0.25) is 0 Å². The number of hydrogen-bond donors (Lipinski definition) is 0. The van der Waals surface area contributed by atoms with Crippen molar-refractivity contribution < 1.29 is 9.53 Å². The summed E-state index contributed by atoms with van der Waals surface area (Å²) >= 11 is 0. The van der Waals surface area contributed by atoms with Gasteiger partial charge in [-0.2, -0.15) is 0 Å². The van der Waals surface area contributed by atoms with Crippen molar-refractivity contribution in [2.45, 2.75) is 70.9 Å². The summed E-state index contributed by atoms with van der Waals surface area (Å²) in [4.78, 5) is 14.2. The predicted octanol–water partition coefficient (Wildman–Crippen LogP) is 3.23. The summed E-state index contributed by atoms with van der Waals surface area (Å²) in [6.45, 7) is 4.48. The number of likely N-dealkylation sites (N-methyl/N-ethyl adjacent to an activating group) is 1. The van der Waals surface area contributed by atoms with Gasteiger partial charge in [-0.1, -0.05) is 39.5 Å². The molecular formula is C15H29NO2. The smallest absolute Gasteiger partial charge is 0.323 e. The largest absolute Gasteiger partial charge is 0.468 e. The van der Waals surface area contributed by atoms with E-state index < -0.39 is 0 Å². The van der Waals surface area contributed by atoms with Crippen molar-refractivity contribution in [3.8, 4) is 0 Å². The van der Waals surface area contributed by atoms with Crippen LogP contribution >= 0.6 is 0 Å². The molecule has 0 amide bonds. The zero-order valence-electron chi connectivity index (χ0n) is 12.4. The van der Waals surface area contributed by atoms with Crippen molar-refractivity contribution in [1.82, 2.24) is 4.90 Å². The molecule has 0 N–H and O–H groups in total. The Labute approximate surface area is 112 Å². The number of methoxy groups -OCH3 is 1. The number of hydrogen-bond acceptors (Lipinski definition) is 3. The van der Waals surface area contributed by atoms with E-state index in [1.54, 1.807) is 0 Å². The van der Waals surface area contributed by atoms with Gasteiger partial charge in [0.05, 0.1) is 7.11 Å². The summed E-state index contributed by atoms with van der Waals surface area (Å²) < 4.78 is 4.98. The minimum Gasteiger partial charge on any atom is -0.468 e. The first-order chi connectivity index (χ1) is 8.61. The highest BCUT2D eigenvalue weighted by atomic mass is 16.5. The van der Waals surface area contributed by atoms with Crippen LogP contribution in [-0.2, 0) is 9.53 Å². The lowest BCUT2D eigenvalue weighted by Gasteiger charge is -2.39. The van der Waals surface area contributed by atoms with E-state index in [4.69, 9.17) is 4.74 Å². The average Bonchev–Trinajstić information content (AvgIpc) is 2.39. The zero-order valence-corrected chi connectivity index (χ0v) is 12.4. The third-order valence-electron chi connectivity index (χ3n) is 4.39. The van der Waals surface area contributed by atoms with E-state index in [1.807, 2.05) is 0 Å². The fraction of sp³-hybridized carbons (Fsp3) is 0.933. The number of unbranched alkanes of at least 4 members (excludes halogenated alkanes) is 1. The molecule has 3 nitrogen and oxygen atoms in total. The van der Waals surface area contributed by atoms with Gasteiger partial charge >= 0.3 is 5.97 Å². The van der Waals surface area contributed by atoms with Gasteiger partial charge < -0.3 is 4.74 Å². The molecule has 18 heavy (non-hydrogen) atoms. The van der Waals surface area contributed by atoms with Gasteiger partial charge in [0.25, 0.3) is 0 Å². The Morgan fingerprint density at radius 3 is 2.61 bits per heavy atom. The lowest BCUT2D eigenvalue weighted by atomic mass is 9.84.